The van der Waals surface area contributed by atoms with Crippen molar-refractivity contribution in [3.63, 3.8) is 0 Å². The quantitative estimate of drug-likeness (QED) is 0.716. The molecule has 0 saturated heterocycles. The first kappa shape index (κ1) is 15.4. The third kappa shape index (κ3) is 3.62. The number of nitrogens with one attached hydrogen (secondary N) is 2. The van der Waals surface area contributed by atoms with Gasteiger partial charge >= 0.3 is 0 Å². The van der Waals surface area contributed by atoms with Gasteiger partial charge in [0.25, 0.3) is 0 Å². The van der Waals surface area contributed by atoms with Crippen LogP contribution in [0.1, 0.15) is 0 Å². The van der Waals surface area contributed by atoms with Crippen molar-refractivity contribution in [2.45, 2.75) is 0 Å². The highest BCUT2D eigenvalue weighted by atomic mass is 79.9. The van der Waals surface area contributed by atoms with Crippen LogP contribution in [0.2, 0.25) is 0 Å². The van der Waals surface area contributed by atoms with Gasteiger partial charge < -0.3 is 10.6 Å². The number of hydrogen-bond donors (Lipinski definition) is 2. The van der Waals surface area contributed by atoms with E-state index in [2.05, 4.69) is 41.5 Å². The van der Waals surface area contributed by atoms with Crippen molar-refractivity contribution in [2.75, 3.05) is 17.7 Å². The van der Waals surface area contributed by atoms with E-state index < -0.39 is 0 Å². The van der Waals surface area contributed by atoms with Gasteiger partial charge in [0, 0.05) is 35.5 Å². The van der Waals surface area contributed by atoms with Crippen molar-refractivity contribution in [3.05, 3.63) is 59.1 Å². The van der Waals surface area contributed by atoms with Crippen LogP contribution >= 0.6 is 15.9 Å². The van der Waals surface area contributed by atoms with E-state index in [-0.39, 0.29) is 5.82 Å². The molecule has 0 aliphatic carbocycles. The van der Waals surface area contributed by atoms with E-state index in [0.29, 0.717) is 21.9 Å². The lowest BCUT2D eigenvalue weighted by Crippen LogP contribution is -2.02. The molecular formula is C16H13BrFN5. The first-order valence-corrected chi connectivity index (χ1v) is 7.64. The molecule has 0 unspecified atom stereocenters. The zero-order chi connectivity index (χ0) is 16.2. The van der Waals surface area contributed by atoms with Crippen LogP contribution in [0.3, 0.4) is 0 Å². The molecule has 0 radical (unpaired) electrons. The SMILES string of the molecule is CNc1nc(Nc2ccc(F)cc2Br)cc(-c2cccnc2)n1. The summed E-state index contributed by atoms with van der Waals surface area (Å²) in [4.78, 5) is 12.9. The molecule has 0 aliphatic heterocycles. The summed E-state index contributed by atoms with van der Waals surface area (Å²) in [7, 11) is 1.75. The van der Waals surface area contributed by atoms with Gasteiger partial charge in [-0.2, -0.15) is 4.98 Å². The van der Waals surface area contributed by atoms with Crippen LogP contribution in [0, 0.1) is 5.82 Å². The molecule has 0 amide bonds. The molecule has 2 N–H and O–H groups in total. The summed E-state index contributed by atoms with van der Waals surface area (Å²) >= 11 is 3.33. The fourth-order valence-corrected chi connectivity index (χ4v) is 2.46. The highest BCUT2D eigenvalue weighted by molar-refractivity contribution is 9.10. The summed E-state index contributed by atoms with van der Waals surface area (Å²) in [5.74, 6) is 0.764. The van der Waals surface area contributed by atoms with E-state index >= 15 is 0 Å². The van der Waals surface area contributed by atoms with Gasteiger partial charge in [0.1, 0.15) is 11.6 Å². The minimum absolute atomic E-state index is 0.308. The zero-order valence-electron chi connectivity index (χ0n) is 12.2. The maximum absolute atomic E-state index is 13.2. The van der Waals surface area contributed by atoms with Crippen molar-refractivity contribution in [1.29, 1.82) is 0 Å². The number of rotatable bonds is 4. The van der Waals surface area contributed by atoms with Gasteiger partial charge in [-0.25, -0.2) is 9.37 Å². The Labute approximate surface area is 141 Å². The van der Waals surface area contributed by atoms with E-state index in [1.807, 2.05) is 18.2 Å². The number of benzene rings is 1. The van der Waals surface area contributed by atoms with Crippen LogP contribution in [0.25, 0.3) is 11.3 Å². The van der Waals surface area contributed by atoms with Crippen LogP contribution in [0.4, 0.5) is 21.8 Å². The van der Waals surface area contributed by atoms with Gasteiger partial charge in [-0.05, 0) is 46.3 Å². The molecule has 116 valence electrons. The molecule has 0 atom stereocenters. The second-order valence-electron chi connectivity index (χ2n) is 4.70. The third-order valence-corrected chi connectivity index (χ3v) is 3.76. The molecular weight excluding hydrogens is 361 g/mol. The van der Waals surface area contributed by atoms with E-state index in [4.69, 9.17) is 0 Å². The van der Waals surface area contributed by atoms with Gasteiger partial charge in [-0.1, -0.05) is 0 Å². The minimum atomic E-state index is -0.308. The number of anilines is 3. The second-order valence-corrected chi connectivity index (χ2v) is 5.56. The molecule has 23 heavy (non-hydrogen) atoms. The molecule has 0 fully saturated rings. The van der Waals surface area contributed by atoms with E-state index in [1.165, 1.54) is 12.1 Å². The molecule has 1 aromatic carbocycles. The smallest absolute Gasteiger partial charge is 0.224 e. The summed E-state index contributed by atoms with van der Waals surface area (Å²) in [5, 5.41) is 6.09. The molecule has 0 saturated carbocycles. The van der Waals surface area contributed by atoms with Crippen LogP contribution < -0.4 is 10.6 Å². The fraction of sp³-hybridized carbons (Fsp3) is 0.0625. The van der Waals surface area contributed by atoms with Gasteiger partial charge in [-0.3, -0.25) is 4.98 Å². The lowest BCUT2D eigenvalue weighted by atomic mass is 10.2. The van der Waals surface area contributed by atoms with Gasteiger partial charge in [0.15, 0.2) is 0 Å². The fourth-order valence-electron chi connectivity index (χ4n) is 2.01. The van der Waals surface area contributed by atoms with Crippen molar-refractivity contribution >= 4 is 33.4 Å². The molecule has 7 heteroatoms. The maximum Gasteiger partial charge on any atom is 0.224 e. The normalized spacial score (nSPS) is 10.4. The molecule has 2 aromatic heterocycles. The summed E-state index contributed by atoms with van der Waals surface area (Å²) in [6, 6.07) is 10.0. The molecule has 0 bridgehead atoms. The Morgan fingerprint density at radius 1 is 1.13 bits per heavy atom. The van der Waals surface area contributed by atoms with Crippen molar-refractivity contribution in [3.8, 4) is 11.3 Å². The molecule has 3 aromatic rings. The number of aromatic nitrogens is 3. The third-order valence-electron chi connectivity index (χ3n) is 3.10. The van der Waals surface area contributed by atoms with Crippen LogP contribution in [0.15, 0.2) is 53.3 Å². The standard InChI is InChI=1S/C16H13BrFN5/c1-19-16-22-14(10-3-2-6-20-9-10)8-15(23-16)21-13-5-4-11(18)7-12(13)17/h2-9H,1H3,(H2,19,21,22,23). The van der Waals surface area contributed by atoms with Crippen LogP contribution in [-0.4, -0.2) is 22.0 Å². The van der Waals surface area contributed by atoms with E-state index in [1.54, 1.807) is 25.5 Å². The minimum Gasteiger partial charge on any atom is -0.357 e. The largest absolute Gasteiger partial charge is 0.357 e. The Hall–Kier alpha value is -2.54. The number of hydrogen-bond acceptors (Lipinski definition) is 5. The number of halogens is 2. The van der Waals surface area contributed by atoms with Gasteiger partial charge in [-0.15, -0.1) is 0 Å². The lowest BCUT2D eigenvalue weighted by Gasteiger charge is -2.11. The monoisotopic (exact) mass is 373 g/mol. The maximum atomic E-state index is 13.2. The number of pyridine rings is 1. The van der Waals surface area contributed by atoms with Crippen molar-refractivity contribution in [1.82, 2.24) is 15.0 Å². The highest BCUT2D eigenvalue weighted by Gasteiger charge is 2.08. The number of nitrogens with zero attached hydrogens (tertiary/aromatic N) is 3. The van der Waals surface area contributed by atoms with Crippen LogP contribution in [-0.2, 0) is 0 Å². The van der Waals surface area contributed by atoms with Crippen LogP contribution in [0.5, 0.6) is 0 Å². The average Bonchev–Trinajstić information content (AvgIpc) is 2.58. The summed E-state index contributed by atoms with van der Waals surface area (Å²) in [6.07, 6.45) is 3.44. The first-order chi connectivity index (χ1) is 11.2. The van der Waals surface area contributed by atoms with E-state index in [9.17, 15) is 4.39 Å². The predicted molar refractivity (Wildman–Crippen MR) is 92.2 cm³/mol. The van der Waals surface area contributed by atoms with E-state index in [0.717, 1.165) is 11.3 Å². The summed E-state index contributed by atoms with van der Waals surface area (Å²) in [5.41, 5.74) is 2.33. The van der Waals surface area contributed by atoms with Gasteiger partial charge in [0.2, 0.25) is 5.95 Å². The summed E-state index contributed by atoms with van der Waals surface area (Å²) in [6.45, 7) is 0. The average molecular weight is 374 g/mol. The lowest BCUT2D eigenvalue weighted by molar-refractivity contribution is 0.627. The Morgan fingerprint density at radius 2 is 2.00 bits per heavy atom. The topological polar surface area (TPSA) is 62.7 Å². The molecule has 0 spiro atoms. The molecule has 5 nitrogen and oxygen atoms in total. The molecule has 2 heterocycles. The first-order valence-electron chi connectivity index (χ1n) is 6.85. The van der Waals surface area contributed by atoms with Gasteiger partial charge in [0.05, 0.1) is 11.4 Å². The Kier molecular flexibility index (Phi) is 4.47. The molecule has 3 rings (SSSR count). The Morgan fingerprint density at radius 3 is 2.70 bits per heavy atom. The Balaban J connectivity index is 1.99. The predicted octanol–water partition coefficient (Wildman–Crippen LogP) is 4.23. The second kappa shape index (κ2) is 6.70. The van der Waals surface area contributed by atoms with Crippen molar-refractivity contribution < 1.29 is 4.39 Å². The summed E-state index contributed by atoms with van der Waals surface area (Å²) < 4.78 is 13.8. The zero-order valence-corrected chi connectivity index (χ0v) is 13.8. The molecule has 0 aliphatic rings. The highest BCUT2D eigenvalue weighted by Crippen LogP contribution is 2.28. The Bertz CT molecular complexity index is 826. The van der Waals surface area contributed by atoms with Crippen molar-refractivity contribution in [2.24, 2.45) is 0 Å².